The van der Waals surface area contributed by atoms with Gasteiger partial charge in [-0.2, -0.15) is 5.10 Å². The van der Waals surface area contributed by atoms with Crippen LogP contribution in [0.2, 0.25) is 0 Å². The molecule has 0 aromatic heterocycles. The summed E-state index contributed by atoms with van der Waals surface area (Å²) in [5, 5.41) is 17.5. The average molecular weight is 425 g/mol. The van der Waals surface area contributed by atoms with Crippen LogP contribution in [0.3, 0.4) is 0 Å². The number of hydrogen-bond donors (Lipinski definition) is 2. The third kappa shape index (κ3) is 6.74. The predicted molar refractivity (Wildman–Crippen MR) is 120 cm³/mol. The van der Waals surface area contributed by atoms with Gasteiger partial charge in [-0.1, -0.05) is 65.0 Å². The monoisotopic (exact) mass is 424 g/mol. The number of nitro benzene ring substituents is 1. The van der Waals surface area contributed by atoms with Gasteiger partial charge in [0.25, 0.3) is 17.5 Å². The Morgan fingerprint density at radius 3 is 2.29 bits per heavy atom. The van der Waals surface area contributed by atoms with Crippen LogP contribution in [0.4, 0.5) is 5.69 Å². The van der Waals surface area contributed by atoms with Crippen molar-refractivity contribution in [2.75, 3.05) is 0 Å². The van der Waals surface area contributed by atoms with E-state index in [0.717, 1.165) is 5.56 Å². The molecule has 0 saturated heterocycles. The van der Waals surface area contributed by atoms with Gasteiger partial charge in [0.05, 0.1) is 11.1 Å². The first-order chi connectivity index (χ1) is 14.5. The van der Waals surface area contributed by atoms with Crippen molar-refractivity contribution in [1.82, 2.24) is 10.7 Å². The summed E-state index contributed by atoms with van der Waals surface area (Å²) in [6.45, 7) is 9.96. The van der Waals surface area contributed by atoms with Gasteiger partial charge in [-0.3, -0.25) is 19.7 Å². The predicted octanol–water partition coefficient (Wildman–Crippen LogP) is 3.80. The van der Waals surface area contributed by atoms with Crippen LogP contribution in [0.15, 0.2) is 53.6 Å². The SMILES string of the molecule is CC(C)C(NC(=O)c1cccc([N+](=O)[O-])c1)C(=O)NN=Cc1ccc(C(C)(C)C)cc1. The normalized spacial score (nSPS) is 12.6. The molecule has 2 aromatic carbocycles. The lowest BCUT2D eigenvalue weighted by Gasteiger charge is -2.20. The number of amides is 2. The first kappa shape index (κ1) is 23.7. The molecule has 0 aliphatic heterocycles. The lowest BCUT2D eigenvalue weighted by atomic mass is 9.87. The molecule has 0 fully saturated rings. The third-order valence-corrected chi connectivity index (χ3v) is 4.72. The molecule has 8 heteroatoms. The number of nitrogens with one attached hydrogen (secondary N) is 2. The molecule has 31 heavy (non-hydrogen) atoms. The van der Waals surface area contributed by atoms with Gasteiger partial charge in [0.1, 0.15) is 6.04 Å². The van der Waals surface area contributed by atoms with E-state index >= 15 is 0 Å². The van der Waals surface area contributed by atoms with Gasteiger partial charge in [0, 0.05) is 17.7 Å². The standard InChI is InChI=1S/C23H28N4O4/c1-15(2)20(25-21(28)17-7-6-8-19(13-17)27(30)31)22(29)26-24-14-16-9-11-18(12-10-16)23(3,4)5/h6-15,20H,1-5H3,(H,25,28)(H,26,29). The summed E-state index contributed by atoms with van der Waals surface area (Å²) in [5.74, 6) is -1.26. The van der Waals surface area contributed by atoms with E-state index < -0.39 is 22.8 Å². The van der Waals surface area contributed by atoms with Crippen LogP contribution >= 0.6 is 0 Å². The van der Waals surface area contributed by atoms with Crippen LogP contribution in [-0.2, 0) is 10.2 Å². The zero-order valence-corrected chi connectivity index (χ0v) is 18.4. The maximum Gasteiger partial charge on any atom is 0.270 e. The van der Waals surface area contributed by atoms with Crippen LogP contribution in [0, 0.1) is 16.0 Å². The molecule has 0 spiro atoms. The Kier molecular flexibility index (Phi) is 7.63. The van der Waals surface area contributed by atoms with E-state index in [1.54, 1.807) is 13.8 Å². The van der Waals surface area contributed by atoms with Crippen molar-refractivity contribution in [2.45, 2.75) is 46.1 Å². The molecule has 0 aliphatic carbocycles. The Morgan fingerprint density at radius 1 is 1.10 bits per heavy atom. The van der Waals surface area contributed by atoms with Crippen LogP contribution in [-0.4, -0.2) is 29.0 Å². The van der Waals surface area contributed by atoms with E-state index in [4.69, 9.17) is 0 Å². The van der Waals surface area contributed by atoms with Crippen LogP contribution in [0.1, 0.15) is 56.1 Å². The fourth-order valence-electron chi connectivity index (χ4n) is 2.83. The van der Waals surface area contributed by atoms with Crippen molar-refractivity contribution in [3.05, 3.63) is 75.3 Å². The summed E-state index contributed by atoms with van der Waals surface area (Å²) >= 11 is 0. The van der Waals surface area contributed by atoms with Gasteiger partial charge in [-0.25, -0.2) is 5.43 Å². The Labute approximate surface area is 181 Å². The fourth-order valence-corrected chi connectivity index (χ4v) is 2.83. The lowest BCUT2D eigenvalue weighted by molar-refractivity contribution is -0.384. The largest absolute Gasteiger partial charge is 0.340 e. The maximum absolute atomic E-state index is 12.6. The summed E-state index contributed by atoms with van der Waals surface area (Å²) in [4.78, 5) is 35.4. The first-order valence-corrected chi connectivity index (χ1v) is 9.98. The molecular weight excluding hydrogens is 396 g/mol. The first-order valence-electron chi connectivity index (χ1n) is 9.98. The van der Waals surface area contributed by atoms with Crippen molar-refractivity contribution in [2.24, 2.45) is 11.0 Å². The van der Waals surface area contributed by atoms with Crippen LogP contribution in [0.25, 0.3) is 0 Å². The summed E-state index contributed by atoms with van der Waals surface area (Å²) in [6.07, 6.45) is 1.53. The summed E-state index contributed by atoms with van der Waals surface area (Å²) in [5.41, 5.74) is 4.43. The fraction of sp³-hybridized carbons (Fsp3) is 0.348. The van der Waals surface area contributed by atoms with Crippen LogP contribution in [0.5, 0.6) is 0 Å². The lowest BCUT2D eigenvalue weighted by Crippen LogP contribution is -2.48. The Morgan fingerprint density at radius 2 is 1.74 bits per heavy atom. The highest BCUT2D eigenvalue weighted by atomic mass is 16.6. The molecule has 0 saturated carbocycles. The summed E-state index contributed by atoms with van der Waals surface area (Å²) in [6, 6.07) is 12.4. The Hall–Kier alpha value is -3.55. The number of hydrazone groups is 1. The molecule has 1 unspecified atom stereocenters. The van der Waals surface area contributed by atoms with Crippen molar-refractivity contribution in [3.63, 3.8) is 0 Å². The van der Waals surface area contributed by atoms with Gasteiger partial charge in [0.15, 0.2) is 0 Å². The zero-order chi connectivity index (χ0) is 23.2. The van der Waals surface area contributed by atoms with Gasteiger partial charge in [-0.15, -0.1) is 0 Å². The molecule has 164 valence electrons. The smallest absolute Gasteiger partial charge is 0.270 e. The van der Waals surface area contributed by atoms with E-state index in [2.05, 4.69) is 36.6 Å². The van der Waals surface area contributed by atoms with Crippen LogP contribution < -0.4 is 10.7 Å². The molecule has 1 atom stereocenters. The van der Waals surface area contributed by atoms with Crippen molar-refractivity contribution in [1.29, 1.82) is 0 Å². The second-order valence-corrected chi connectivity index (χ2v) is 8.61. The molecule has 2 aromatic rings. The second-order valence-electron chi connectivity index (χ2n) is 8.61. The topological polar surface area (TPSA) is 114 Å². The quantitative estimate of drug-likeness (QED) is 0.400. The molecule has 0 heterocycles. The molecule has 2 amide bonds. The van der Waals surface area contributed by atoms with E-state index in [1.165, 1.54) is 36.0 Å². The molecule has 0 bridgehead atoms. The highest BCUT2D eigenvalue weighted by Gasteiger charge is 2.25. The maximum atomic E-state index is 12.6. The van der Waals surface area contributed by atoms with Gasteiger partial charge >= 0.3 is 0 Å². The molecule has 0 aliphatic rings. The Bertz CT molecular complexity index is 976. The van der Waals surface area contributed by atoms with E-state index in [9.17, 15) is 19.7 Å². The summed E-state index contributed by atoms with van der Waals surface area (Å²) in [7, 11) is 0. The average Bonchev–Trinajstić information content (AvgIpc) is 2.71. The van der Waals surface area contributed by atoms with Crippen molar-refractivity contribution < 1.29 is 14.5 Å². The number of carbonyl (C=O) groups excluding carboxylic acids is 2. The third-order valence-electron chi connectivity index (χ3n) is 4.72. The number of benzene rings is 2. The minimum absolute atomic E-state index is 0.0474. The number of rotatable bonds is 7. The highest BCUT2D eigenvalue weighted by molar-refractivity contribution is 5.98. The number of non-ortho nitro benzene ring substituents is 1. The second kappa shape index (κ2) is 9.97. The number of carbonyl (C=O) groups is 2. The summed E-state index contributed by atoms with van der Waals surface area (Å²) < 4.78 is 0. The number of hydrogen-bond acceptors (Lipinski definition) is 5. The minimum Gasteiger partial charge on any atom is -0.340 e. The minimum atomic E-state index is -0.854. The number of nitro groups is 1. The van der Waals surface area contributed by atoms with Crippen molar-refractivity contribution in [3.8, 4) is 0 Å². The molecule has 2 N–H and O–H groups in total. The van der Waals surface area contributed by atoms with Gasteiger partial charge in [-0.05, 0) is 28.5 Å². The van der Waals surface area contributed by atoms with Crippen molar-refractivity contribution >= 4 is 23.7 Å². The number of nitrogens with zero attached hydrogens (tertiary/aromatic N) is 2. The zero-order valence-electron chi connectivity index (χ0n) is 18.4. The van der Waals surface area contributed by atoms with E-state index in [0.29, 0.717) is 0 Å². The highest BCUT2D eigenvalue weighted by Crippen LogP contribution is 2.21. The molecule has 8 nitrogen and oxygen atoms in total. The molecule has 2 rings (SSSR count). The Balaban J connectivity index is 2.03. The van der Waals surface area contributed by atoms with E-state index in [-0.39, 0.29) is 22.6 Å². The molecular formula is C23H28N4O4. The molecule has 0 radical (unpaired) electrons. The van der Waals surface area contributed by atoms with Gasteiger partial charge in [0.2, 0.25) is 0 Å². The van der Waals surface area contributed by atoms with E-state index in [1.807, 2.05) is 24.3 Å². The van der Waals surface area contributed by atoms with Gasteiger partial charge < -0.3 is 5.32 Å².